The van der Waals surface area contributed by atoms with Gasteiger partial charge in [0, 0.05) is 19.0 Å². The predicted octanol–water partition coefficient (Wildman–Crippen LogP) is 5.98. The average molecular weight is 508 g/mol. The summed E-state index contributed by atoms with van der Waals surface area (Å²) in [7, 11) is 5.53. The molecule has 3 unspecified atom stereocenters. The maximum atomic E-state index is 13.9. The van der Waals surface area contributed by atoms with E-state index in [4.69, 9.17) is 14.5 Å². The zero-order valence-corrected chi connectivity index (χ0v) is 22.7. The number of hydrogen-bond acceptors (Lipinski definition) is 7. The molecule has 0 aromatic heterocycles. The first kappa shape index (κ1) is 27.8. The number of benzene rings is 1. The number of carbonyl (C=O) groups excluding carboxylic acids is 1. The molecule has 0 saturated heterocycles. The highest BCUT2D eigenvalue weighted by atomic mass is 32.2. The molecule has 1 saturated carbocycles. The Bertz CT molecular complexity index is 847. The summed E-state index contributed by atoms with van der Waals surface area (Å²) < 4.78 is 24.7. The Morgan fingerprint density at radius 1 is 1.31 bits per heavy atom. The van der Waals surface area contributed by atoms with Gasteiger partial charge in [0.15, 0.2) is 0 Å². The van der Waals surface area contributed by atoms with Gasteiger partial charge in [-0.2, -0.15) is 11.8 Å². The Morgan fingerprint density at radius 3 is 2.66 bits per heavy atom. The fraction of sp³-hybridized carbons (Fsp3) is 0.704. The molecule has 8 heteroatoms. The van der Waals surface area contributed by atoms with E-state index >= 15 is 0 Å². The van der Waals surface area contributed by atoms with Gasteiger partial charge in [0.2, 0.25) is 5.72 Å². The van der Waals surface area contributed by atoms with E-state index in [1.54, 1.807) is 17.8 Å². The van der Waals surface area contributed by atoms with E-state index in [-0.39, 0.29) is 17.9 Å². The molecule has 0 bridgehead atoms. The lowest BCUT2D eigenvalue weighted by Crippen LogP contribution is -2.50. The monoisotopic (exact) mass is 507 g/mol. The summed E-state index contributed by atoms with van der Waals surface area (Å²) in [5, 5.41) is 0. The van der Waals surface area contributed by atoms with Crippen LogP contribution in [0.4, 0.5) is 9.18 Å². The van der Waals surface area contributed by atoms with Crippen LogP contribution >= 0.6 is 11.8 Å². The third-order valence-electron chi connectivity index (χ3n) is 7.56. The number of aliphatic imine (C=N–C) groups is 1. The van der Waals surface area contributed by atoms with Crippen LogP contribution in [-0.4, -0.2) is 73.8 Å². The van der Waals surface area contributed by atoms with Crippen LogP contribution in [-0.2, 0) is 9.47 Å². The molecule has 0 amide bonds. The van der Waals surface area contributed by atoms with Crippen LogP contribution in [0.25, 0.3) is 0 Å². The van der Waals surface area contributed by atoms with Gasteiger partial charge in [-0.3, -0.25) is 0 Å². The normalized spacial score (nSPS) is 27.3. The minimum Gasteiger partial charge on any atom is -0.438 e. The van der Waals surface area contributed by atoms with Crippen molar-refractivity contribution in [2.75, 3.05) is 39.8 Å². The first-order valence-corrected chi connectivity index (χ1v) is 14.2. The molecule has 3 atom stereocenters. The van der Waals surface area contributed by atoms with Crippen molar-refractivity contribution >= 4 is 24.3 Å². The minimum atomic E-state index is -0.893. The Morgan fingerprint density at radius 2 is 2.06 bits per heavy atom. The third kappa shape index (κ3) is 6.91. The zero-order chi connectivity index (χ0) is 25.4. The highest BCUT2D eigenvalue weighted by Gasteiger charge is 2.49. The summed E-state index contributed by atoms with van der Waals surface area (Å²) in [6.07, 6.45) is 10.3. The molecule has 0 radical (unpaired) electrons. The second-order valence-corrected chi connectivity index (χ2v) is 11.1. The number of ether oxygens (including phenoxy) is 2. The Kier molecular flexibility index (Phi) is 10.3. The summed E-state index contributed by atoms with van der Waals surface area (Å²) in [4.78, 5) is 21.5. The van der Waals surface area contributed by atoms with Crippen molar-refractivity contribution in [3.05, 3.63) is 35.6 Å². The number of halogens is 1. The highest BCUT2D eigenvalue weighted by molar-refractivity contribution is 7.98. The number of methoxy groups -OCH3 is 1. The van der Waals surface area contributed by atoms with Crippen LogP contribution in [0.2, 0.25) is 0 Å². The quantitative estimate of drug-likeness (QED) is 0.344. The predicted molar refractivity (Wildman–Crippen MR) is 141 cm³/mol. The van der Waals surface area contributed by atoms with E-state index in [1.807, 2.05) is 18.5 Å². The van der Waals surface area contributed by atoms with Crippen molar-refractivity contribution < 1.29 is 18.7 Å². The first-order chi connectivity index (χ1) is 16.8. The molecular formula is C27H42FN3O3S. The molecule has 0 spiro atoms. The van der Waals surface area contributed by atoms with E-state index in [1.165, 1.54) is 13.2 Å². The lowest BCUT2D eigenvalue weighted by Gasteiger charge is -2.41. The standard InChI is InChI=1S/C27H42FN3O3S/c1-6-15-31-19-29-27(14-16-35-5,34-26(32)33-4)24(31)17-20-10-12-21(13-11-20)25(30(2)3)22-8-7-9-23(28)18-22/h7-9,18-21,24-25H,6,10-17H2,1-5H3. The maximum absolute atomic E-state index is 13.9. The maximum Gasteiger partial charge on any atom is 0.510 e. The van der Waals surface area contributed by atoms with Crippen molar-refractivity contribution in [3.8, 4) is 0 Å². The molecule has 1 aliphatic heterocycles. The van der Waals surface area contributed by atoms with Crippen molar-refractivity contribution in [1.82, 2.24) is 9.80 Å². The molecule has 196 valence electrons. The van der Waals surface area contributed by atoms with Gasteiger partial charge in [-0.25, -0.2) is 14.2 Å². The van der Waals surface area contributed by atoms with Gasteiger partial charge < -0.3 is 19.3 Å². The molecule has 1 aliphatic carbocycles. The molecule has 1 aromatic carbocycles. The molecule has 3 rings (SSSR count). The number of hydrogen-bond donors (Lipinski definition) is 0. The average Bonchev–Trinajstić information content (AvgIpc) is 3.15. The lowest BCUT2D eigenvalue weighted by molar-refractivity contribution is -0.0588. The van der Waals surface area contributed by atoms with Crippen LogP contribution in [0, 0.1) is 17.7 Å². The molecular weight excluding hydrogens is 465 g/mol. The van der Waals surface area contributed by atoms with Crippen LogP contribution in [0.1, 0.15) is 63.5 Å². The number of carbonyl (C=O) groups is 1. The fourth-order valence-electron chi connectivity index (χ4n) is 5.94. The van der Waals surface area contributed by atoms with E-state index in [0.29, 0.717) is 18.3 Å². The molecule has 35 heavy (non-hydrogen) atoms. The largest absolute Gasteiger partial charge is 0.510 e. The van der Waals surface area contributed by atoms with Crippen LogP contribution in [0.15, 0.2) is 29.3 Å². The molecule has 6 nitrogen and oxygen atoms in total. The fourth-order valence-corrected chi connectivity index (χ4v) is 6.43. The molecule has 1 fully saturated rings. The molecule has 2 aliphatic rings. The minimum absolute atomic E-state index is 0.0168. The van der Waals surface area contributed by atoms with Crippen LogP contribution in [0.3, 0.4) is 0 Å². The van der Waals surface area contributed by atoms with Gasteiger partial charge in [-0.15, -0.1) is 0 Å². The van der Waals surface area contributed by atoms with Gasteiger partial charge >= 0.3 is 6.16 Å². The summed E-state index contributed by atoms with van der Waals surface area (Å²) >= 11 is 1.73. The summed E-state index contributed by atoms with van der Waals surface area (Å²) in [5.41, 5.74) is 0.162. The number of thioether (sulfide) groups is 1. The number of rotatable bonds is 11. The number of nitrogens with zero attached hydrogens (tertiary/aromatic N) is 3. The van der Waals surface area contributed by atoms with E-state index in [9.17, 15) is 9.18 Å². The SMILES string of the molecule is CCCN1C=NC(CCSC)(OC(=O)OC)C1CC1CCC(C(c2cccc(F)c2)N(C)C)CC1. The Labute approximate surface area is 214 Å². The van der Waals surface area contributed by atoms with Crippen LogP contribution in [0.5, 0.6) is 0 Å². The van der Waals surface area contributed by atoms with Gasteiger partial charge in [0.1, 0.15) is 5.82 Å². The van der Waals surface area contributed by atoms with Crippen LogP contribution < -0.4 is 0 Å². The van der Waals surface area contributed by atoms with E-state index in [2.05, 4.69) is 37.1 Å². The smallest absolute Gasteiger partial charge is 0.438 e. The molecule has 0 N–H and O–H groups in total. The second-order valence-electron chi connectivity index (χ2n) is 10.1. The van der Waals surface area contributed by atoms with Gasteiger partial charge in [-0.05, 0) is 81.3 Å². The Balaban J connectivity index is 1.72. The highest BCUT2D eigenvalue weighted by Crippen LogP contribution is 2.43. The van der Waals surface area contributed by atoms with Crippen molar-refractivity contribution in [2.24, 2.45) is 16.8 Å². The summed E-state index contributed by atoms with van der Waals surface area (Å²) in [5.74, 6) is 1.70. The summed E-state index contributed by atoms with van der Waals surface area (Å²) in [6, 6.07) is 7.27. The molecule has 1 heterocycles. The van der Waals surface area contributed by atoms with Crippen molar-refractivity contribution in [1.29, 1.82) is 0 Å². The van der Waals surface area contributed by atoms with Crippen molar-refractivity contribution in [3.63, 3.8) is 0 Å². The first-order valence-electron chi connectivity index (χ1n) is 12.8. The topological polar surface area (TPSA) is 54.4 Å². The van der Waals surface area contributed by atoms with Crippen molar-refractivity contribution in [2.45, 2.75) is 69.7 Å². The lowest BCUT2D eigenvalue weighted by atomic mass is 9.73. The molecule has 1 aromatic rings. The van der Waals surface area contributed by atoms with Gasteiger partial charge in [0.25, 0.3) is 0 Å². The van der Waals surface area contributed by atoms with E-state index < -0.39 is 11.9 Å². The van der Waals surface area contributed by atoms with Gasteiger partial charge in [-0.1, -0.05) is 31.9 Å². The second kappa shape index (κ2) is 12.9. The van der Waals surface area contributed by atoms with E-state index in [0.717, 1.165) is 56.4 Å². The summed E-state index contributed by atoms with van der Waals surface area (Å²) in [6.45, 7) is 3.05. The Hall–Kier alpha value is -1.80. The third-order valence-corrected chi connectivity index (χ3v) is 8.17. The van der Waals surface area contributed by atoms with Gasteiger partial charge in [0.05, 0.1) is 19.5 Å². The zero-order valence-electron chi connectivity index (χ0n) is 21.9.